The van der Waals surface area contributed by atoms with Crippen molar-refractivity contribution < 1.29 is 14.6 Å². The average molecular weight is 389 g/mol. The van der Waals surface area contributed by atoms with Gasteiger partial charge in [0.25, 0.3) is 5.56 Å². The van der Waals surface area contributed by atoms with Crippen molar-refractivity contribution >= 4 is 18.1 Å². The third-order valence-corrected chi connectivity index (χ3v) is 3.92. The quantitative estimate of drug-likeness (QED) is 0.434. The molecule has 0 atom stereocenters. The number of hydrazone groups is 1. The molecular formula is C20H15N5O4. The van der Waals surface area contributed by atoms with Gasteiger partial charge in [-0.25, -0.2) is 15.2 Å². The first-order chi connectivity index (χ1) is 14.0. The number of hydrogen-bond donors (Lipinski definition) is 3. The van der Waals surface area contributed by atoms with Crippen molar-refractivity contribution in [2.24, 2.45) is 5.10 Å². The summed E-state index contributed by atoms with van der Waals surface area (Å²) >= 11 is 0. The summed E-state index contributed by atoms with van der Waals surface area (Å²) in [6.45, 7) is 0. The largest absolute Gasteiger partial charge is 0.496 e. The zero-order valence-electron chi connectivity index (χ0n) is 15.2. The van der Waals surface area contributed by atoms with Gasteiger partial charge < -0.3 is 9.84 Å². The number of aromatic amines is 1. The van der Waals surface area contributed by atoms with Crippen LogP contribution in [0.15, 0.2) is 58.4 Å². The Balaban J connectivity index is 1.88. The van der Waals surface area contributed by atoms with Crippen LogP contribution in [0.25, 0.3) is 11.3 Å². The first-order valence-corrected chi connectivity index (χ1v) is 8.33. The van der Waals surface area contributed by atoms with Gasteiger partial charge in [0.1, 0.15) is 22.9 Å². The van der Waals surface area contributed by atoms with Crippen molar-refractivity contribution in [3.63, 3.8) is 0 Å². The lowest BCUT2D eigenvalue weighted by molar-refractivity contribution is 0.0693. The fraction of sp³-hybridized carbons (Fsp3) is 0.0500. The van der Waals surface area contributed by atoms with E-state index in [0.717, 1.165) is 0 Å². The Morgan fingerprint density at radius 3 is 2.72 bits per heavy atom. The molecule has 0 aliphatic carbocycles. The molecule has 2 aromatic carbocycles. The van der Waals surface area contributed by atoms with Crippen LogP contribution in [0.4, 0.5) is 5.95 Å². The van der Waals surface area contributed by atoms with Crippen LogP contribution in [0.5, 0.6) is 5.75 Å². The van der Waals surface area contributed by atoms with Gasteiger partial charge in [0.2, 0.25) is 5.95 Å². The molecular weight excluding hydrogens is 374 g/mol. The lowest BCUT2D eigenvalue weighted by Crippen LogP contribution is -2.16. The number of hydrogen-bond acceptors (Lipinski definition) is 7. The predicted molar refractivity (Wildman–Crippen MR) is 106 cm³/mol. The third kappa shape index (κ3) is 4.28. The summed E-state index contributed by atoms with van der Waals surface area (Å²) in [5, 5.41) is 22.4. The van der Waals surface area contributed by atoms with Gasteiger partial charge in [0, 0.05) is 5.56 Å². The maximum atomic E-state index is 12.2. The molecule has 144 valence electrons. The highest BCUT2D eigenvalue weighted by Gasteiger charge is 2.13. The predicted octanol–water partition coefficient (Wildman–Crippen LogP) is 2.46. The lowest BCUT2D eigenvalue weighted by atomic mass is 10.1. The highest BCUT2D eigenvalue weighted by Crippen LogP contribution is 2.20. The minimum absolute atomic E-state index is 0.0307. The molecule has 1 heterocycles. The van der Waals surface area contributed by atoms with Crippen molar-refractivity contribution in [1.29, 1.82) is 5.26 Å². The summed E-state index contributed by atoms with van der Waals surface area (Å²) in [7, 11) is 1.37. The number of H-pyrrole nitrogens is 1. The molecule has 0 saturated carbocycles. The summed E-state index contributed by atoms with van der Waals surface area (Å²) < 4.78 is 5.06. The monoisotopic (exact) mass is 389 g/mol. The fourth-order valence-electron chi connectivity index (χ4n) is 2.57. The first-order valence-electron chi connectivity index (χ1n) is 8.33. The maximum Gasteiger partial charge on any atom is 0.339 e. The topological polar surface area (TPSA) is 140 Å². The number of nitrogens with zero attached hydrogens (tertiary/aromatic N) is 3. The number of nitrogens with one attached hydrogen (secondary N) is 2. The van der Waals surface area contributed by atoms with Crippen molar-refractivity contribution in [2.75, 3.05) is 12.5 Å². The summed E-state index contributed by atoms with van der Waals surface area (Å²) in [5.74, 6) is -0.854. The van der Waals surface area contributed by atoms with Gasteiger partial charge in [-0.3, -0.25) is 9.78 Å². The first kappa shape index (κ1) is 19.3. The van der Waals surface area contributed by atoms with Gasteiger partial charge in [-0.1, -0.05) is 36.4 Å². The number of carboxylic acids is 1. The molecule has 0 amide bonds. The zero-order chi connectivity index (χ0) is 20.8. The van der Waals surface area contributed by atoms with E-state index >= 15 is 0 Å². The molecule has 3 N–H and O–H groups in total. The number of carboxylic acid groups (broad SMARTS) is 1. The van der Waals surface area contributed by atoms with E-state index in [9.17, 15) is 14.9 Å². The highest BCUT2D eigenvalue weighted by atomic mass is 16.5. The van der Waals surface area contributed by atoms with Gasteiger partial charge >= 0.3 is 5.97 Å². The van der Waals surface area contributed by atoms with E-state index in [1.165, 1.54) is 25.5 Å². The van der Waals surface area contributed by atoms with Crippen LogP contribution in [0.1, 0.15) is 21.5 Å². The van der Waals surface area contributed by atoms with Gasteiger partial charge in [0.15, 0.2) is 0 Å². The minimum atomic E-state index is -1.10. The molecule has 9 nitrogen and oxygen atoms in total. The number of aromatic nitrogens is 2. The zero-order valence-corrected chi connectivity index (χ0v) is 15.2. The number of aromatic carboxylic acids is 1. The molecule has 0 aliphatic heterocycles. The van der Waals surface area contributed by atoms with E-state index in [4.69, 9.17) is 9.84 Å². The van der Waals surface area contributed by atoms with Gasteiger partial charge in [0.05, 0.1) is 19.0 Å². The molecule has 0 bridgehead atoms. The minimum Gasteiger partial charge on any atom is -0.496 e. The van der Waals surface area contributed by atoms with Crippen LogP contribution in [0, 0.1) is 11.3 Å². The molecule has 3 aromatic rings. The number of anilines is 1. The van der Waals surface area contributed by atoms with E-state index < -0.39 is 11.5 Å². The van der Waals surface area contributed by atoms with Gasteiger partial charge in [-0.05, 0) is 17.7 Å². The average Bonchev–Trinajstić information content (AvgIpc) is 2.73. The number of rotatable bonds is 6. The van der Waals surface area contributed by atoms with Crippen molar-refractivity contribution in [1.82, 2.24) is 9.97 Å². The Morgan fingerprint density at radius 2 is 2.07 bits per heavy atom. The highest BCUT2D eigenvalue weighted by molar-refractivity contribution is 5.92. The van der Waals surface area contributed by atoms with Crippen LogP contribution in [0.3, 0.4) is 0 Å². The van der Waals surface area contributed by atoms with Crippen LogP contribution in [-0.2, 0) is 0 Å². The number of carbonyl (C=O) groups is 1. The molecule has 0 saturated heterocycles. The molecule has 9 heteroatoms. The molecule has 0 spiro atoms. The van der Waals surface area contributed by atoms with Gasteiger partial charge in [-0.15, -0.1) is 0 Å². The summed E-state index contributed by atoms with van der Waals surface area (Å²) in [6.07, 6.45) is 1.41. The molecule has 29 heavy (non-hydrogen) atoms. The van der Waals surface area contributed by atoms with Crippen LogP contribution < -0.4 is 15.7 Å². The van der Waals surface area contributed by atoms with Gasteiger partial charge in [-0.2, -0.15) is 10.4 Å². The van der Waals surface area contributed by atoms with E-state index in [1.54, 1.807) is 30.3 Å². The molecule has 0 unspecified atom stereocenters. The van der Waals surface area contributed by atoms with E-state index in [1.807, 2.05) is 12.1 Å². The Morgan fingerprint density at radius 1 is 1.31 bits per heavy atom. The molecule has 0 radical (unpaired) electrons. The second-order valence-electron chi connectivity index (χ2n) is 5.75. The Kier molecular flexibility index (Phi) is 5.66. The molecule has 0 fully saturated rings. The van der Waals surface area contributed by atoms with E-state index in [0.29, 0.717) is 11.1 Å². The maximum absolute atomic E-state index is 12.2. The normalized spacial score (nSPS) is 10.5. The Hall–Kier alpha value is -4.45. The van der Waals surface area contributed by atoms with Crippen LogP contribution >= 0.6 is 0 Å². The summed E-state index contributed by atoms with van der Waals surface area (Å²) in [6, 6.07) is 15.2. The van der Waals surface area contributed by atoms with Crippen molar-refractivity contribution in [3.8, 4) is 23.1 Å². The van der Waals surface area contributed by atoms with Crippen molar-refractivity contribution in [3.05, 3.63) is 75.6 Å². The SMILES string of the molecule is COc1cc(C=NNc2nc(-c3ccccc3)c(C#N)c(=O)[nH]2)ccc1C(=O)O. The number of benzene rings is 2. The fourth-order valence-corrected chi connectivity index (χ4v) is 2.57. The van der Waals surface area contributed by atoms with E-state index in [-0.39, 0.29) is 28.5 Å². The second kappa shape index (κ2) is 8.49. The number of ether oxygens (including phenoxy) is 1. The van der Waals surface area contributed by atoms with E-state index in [2.05, 4.69) is 20.5 Å². The number of nitriles is 1. The Labute approximate surface area is 164 Å². The second-order valence-corrected chi connectivity index (χ2v) is 5.75. The summed E-state index contributed by atoms with van der Waals surface area (Å²) in [4.78, 5) is 30.1. The third-order valence-electron chi connectivity index (χ3n) is 3.92. The van der Waals surface area contributed by atoms with Crippen LogP contribution in [0.2, 0.25) is 0 Å². The lowest BCUT2D eigenvalue weighted by Gasteiger charge is -2.06. The smallest absolute Gasteiger partial charge is 0.339 e. The molecule has 0 aliphatic rings. The number of methoxy groups -OCH3 is 1. The van der Waals surface area contributed by atoms with Crippen molar-refractivity contribution in [2.45, 2.75) is 0 Å². The van der Waals surface area contributed by atoms with Crippen LogP contribution in [-0.4, -0.2) is 34.4 Å². The summed E-state index contributed by atoms with van der Waals surface area (Å²) in [5.41, 5.74) is 3.38. The molecule has 1 aromatic heterocycles. The molecule has 3 rings (SSSR count). The Bertz CT molecular complexity index is 1180. The standard InChI is InChI=1S/C20H15N5O4/c1-29-16-9-12(7-8-14(16)19(27)28)11-22-25-20-23-17(13-5-3-2-4-6-13)15(10-21)18(26)24-20/h2-9,11H,1H3,(H,27,28)(H2,23,24,25,26).